The highest BCUT2D eigenvalue weighted by Gasteiger charge is 2.44. The summed E-state index contributed by atoms with van der Waals surface area (Å²) in [6, 6.07) is 18.0. The van der Waals surface area contributed by atoms with Gasteiger partial charge in [0.15, 0.2) is 5.11 Å². The summed E-state index contributed by atoms with van der Waals surface area (Å²) in [7, 11) is 0. The van der Waals surface area contributed by atoms with Gasteiger partial charge in [0.1, 0.15) is 0 Å². The molecule has 1 aliphatic carbocycles. The van der Waals surface area contributed by atoms with Crippen molar-refractivity contribution in [3.63, 3.8) is 0 Å². The summed E-state index contributed by atoms with van der Waals surface area (Å²) in [4.78, 5) is 7.19. The summed E-state index contributed by atoms with van der Waals surface area (Å²) in [5, 5.41) is 4.50. The van der Waals surface area contributed by atoms with Gasteiger partial charge in [0.2, 0.25) is 0 Å². The van der Waals surface area contributed by atoms with Gasteiger partial charge in [0, 0.05) is 29.3 Å². The molecule has 5 heteroatoms. The van der Waals surface area contributed by atoms with Gasteiger partial charge in [0.05, 0.1) is 17.8 Å². The third-order valence-electron chi connectivity index (χ3n) is 6.93. The van der Waals surface area contributed by atoms with E-state index in [0.717, 1.165) is 10.8 Å². The Morgan fingerprint density at radius 3 is 2.42 bits per heavy atom. The minimum absolute atomic E-state index is 0.0567. The number of nitrogens with zero attached hydrogens (tertiary/aromatic N) is 3. The molecule has 0 amide bonds. The van der Waals surface area contributed by atoms with E-state index < -0.39 is 0 Å². The predicted molar refractivity (Wildman–Crippen MR) is 130 cm³/mol. The van der Waals surface area contributed by atoms with Crippen LogP contribution in [0.5, 0.6) is 0 Å². The number of thiocarbonyl (C=S) groups is 1. The molecule has 1 saturated carbocycles. The molecule has 2 atom stereocenters. The van der Waals surface area contributed by atoms with Crippen LogP contribution in [0.2, 0.25) is 0 Å². The molecule has 2 aliphatic rings. The van der Waals surface area contributed by atoms with Crippen molar-refractivity contribution in [2.24, 2.45) is 0 Å². The zero-order chi connectivity index (χ0) is 21.5. The highest BCUT2D eigenvalue weighted by atomic mass is 32.1. The molecule has 0 radical (unpaired) electrons. The van der Waals surface area contributed by atoms with Crippen molar-refractivity contribution >= 4 is 17.3 Å². The fraction of sp³-hybridized carbons (Fsp3) is 0.385. The maximum Gasteiger partial charge on any atom is 0.170 e. The second-order valence-corrected chi connectivity index (χ2v) is 9.36. The zero-order valence-corrected chi connectivity index (χ0v) is 19.3. The normalized spacial score (nSPS) is 21.6. The van der Waals surface area contributed by atoms with E-state index in [1.807, 2.05) is 12.3 Å². The van der Waals surface area contributed by atoms with Crippen LogP contribution in [0.1, 0.15) is 66.0 Å². The van der Waals surface area contributed by atoms with E-state index in [1.54, 1.807) is 0 Å². The Labute approximate surface area is 190 Å². The van der Waals surface area contributed by atoms with Crippen LogP contribution in [-0.4, -0.2) is 25.6 Å². The van der Waals surface area contributed by atoms with E-state index in [4.69, 9.17) is 17.2 Å². The fourth-order valence-corrected chi connectivity index (χ4v) is 5.84. The Morgan fingerprint density at radius 2 is 1.74 bits per heavy atom. The first-order valence-corrected chi connectivity index (χ1v) is 11.7. The molecular formula is C26H30N4S. The predicted octanol–water partition coefficient (Wildman–Crippen LogP) is 5.71. The third-order valence-corrected chi connectivity index (χ3v) is 7.26. The average molecular weight is 431 g/mol. The van der Waals surface area contributed by atoms with Gasteiger partial charge in [-0.15, -0.1) is 0 Å². The summed E-state index contributed by atoms with van der Waals surface area (Å²) in [5.74, 6) is 0. The number of hydrogen-bond acceptors (Lipinski definition) is 2. The number of rotatable bonds is 4. The van der Waals surface area contributed by atoms with E-state index in [1.165, 1.54) is 53.9 Å². The second-order valence-electron chi connectivity index (χ2n) is 8.97. The molecule has 2 aromatic heterocycles. The molecule has 1 saturated heterocycles. The van der Waals surface area contributed by atoms with Crippen LogP contribution in [0.15, 0.2) is 54.7 Å². The van der Waals surface area contributed by atoms with E-state index in [9.17, 15) is 0 Å². The summed E-state index contributed by atoms with van der Waals surface area (Å²) in [5.41, 5.74) is 7.41. The number of aryl methyl sites for hydroxylation is 2. The number of pyridine rings is 1. The molecule has 160 valence electrons. The van der Waals surface area contributed by atoms with Gasteiger partial charge >= 0.3 is 0 Å². The minimum atomic E-state index is 0.0567. The summed E-state index contributed by atoms with van der Waals surface area (Å²) < 4.78 is 2.37. The topological polar surface area (TPSA) is 33.1 Å². The molecule has 1 aromatic carbocycles. The Bertz CT molecular complexity index is 1080. The lowest BCUT2D eigenvalue weighted by atomic mass is 9.95. The standard InChI is InChI=1S/C26H30N4S/c1-17-11-13-21(14-12-17)29-18(2)16-22(19(29)3)25-24(23-10-6-7-15-27-23)28-26(31)30(25)20-8-4-5-9-20/h6-7,10-16,20,24-25H,4-5,8-9H2,1-3H3,(H,28,31)/t24-,25-/m1/s1. The average Bonchev–Trinajstić information content (AvgIpc) is 3.48. The quantitative estimate of drug-likeness (QED) is 0.537. The van der Waals surface area contributed by atoms with Crippen LogP contribution in [0.3, 0.4) is 0 Å². The Balaban J connectivity index is 1.63. The first-order valence-electron chi connectivity index (χ1n) is 11.3. The molecule has 2 fully saturated rings. The van der Waals surface area contributed by atoms with Crippen molar-refractivity contribution in [3.8, 4) is 5.69 Å². The molecule has 0 unspecified atom stereocenters. The van der Waals surface area contributed by atoms with Crippen molar-refractivity contribution in [2.75, 3.05) is 0 Å². The highest BCUT2D eigenvalue weighted by molar-refractivity contribution is 7.80. The molecule has 31 heavy (non-hydrogen) atoms. The van der Waals surface area contributed by atoms with Crippen LogP contribution >= 0.6 is 12.2 Å². The number of nitrogens with one attached hydrogen (secondary N) is 1. The number of hydrogen-bond donors (Lipinski definition) is 1. The Hall–Kier alpha value is -2.66. The molecule has 0 bridgehead atoms. The van der Waals surface area contributed by atoms with Crippen LogP contribution in [0, 0.1) is 20.8 Å². The summed E-state index contributed by atoms with van der Waals surface area (Å²) in [6.45, 7) is 6.57. The van der Waals surface area contributed by atoms with Crippen LogP contribution in [0.25, 0.3) is 5.69 Å². The zero-order valence-electron chi connectivity index (χ0n) is 18.5. The first-order chi connectivity index (χ1) is 15.0. The Kier molecular flexibility index (Phi) is 5.30. The van der Waals surface area contributed by atoms with Crippen LogP contribution < -0.4 is 5.32 Å². The first kappa shape index (κ1) is 20.3. The SMILES string of the molecule is Cc1ccc(-n2c(C)cc([C@@H]3[C@@H](c4ccccn4)NC(=S)N3C3CCCC3)c2C)cc1. The van der Waals surface area contributed by atoms with Gasteiger partial charge in [-0.1, -0.05) is 36.6 Å². The van der Waals surface area contributed by atoms with E-state index in [-0.39, 0.29) is 12.1 Å². The van der Waals surface area contributed by atoms with Crippen LogP contribution in [0.4, 0.5) is 0 Å². The van der Waals surface area contributed by atoms with E-state index in [2.05, 4.69) is 78.0 Å². The second kappa shape index (κ2) is 8.12. The summed E-state index contributed by atoms with van der Waals surface area (Å²) in [6.07, 6.45) is 6.87. The van der Waals surface area contributed by atoms with Crippen molar-refractivity contribution in [2.45, 2.75) is 64.6 Å². The van der Waals surface area contributed by atoms with Crippen molar-refractivity contribution in [1.82, 2.24) is 19.8 Å². The Morgan fingerprint density at radius 1 is 1.00 bits per heavy atom. The third kappa shape index (κ3) is 3.55. The number of benzene rings is 1. The lowest BCUT2D eigenvalue weighted by Gasteiger charge is -2.33. The van der Waals surface area contributed by atoms with Crippen molar-refractivity contribution in [3.05, 3.63) is 82.9 Å². The van der Waals surface area contributed by atoms with Gasteiger partial charge in [-0.25, -0.2) is 0 Å². The van der Waals surface area contributed by atoms with Gasteiger partial charge in [-0.05, 0) is 81.7 Å². The van der Waals surface area contributed by atoms with Crippen molar-refractivity contribution < 1.29 is 0 Å². The maximum absolute atomic E-state index is 5.90. The van der Waals surface area contributed by atoms with Gasteiger partial charge in [-0.3, -0.25) is 4.98 Å². The van der Waals surface area contributed by atoms with Gasteiger partial charge in [-0.2, -0.15) is 0 Å². The molecule has 4 nitrogen and oxygen atoms in total. The lowest BCUT2D eigenvalue weighted by molar-refractivity contribution is 0.245. The highest BCUT2D eigenvalue weighted by Crippen LogP contribution is 2.44. The fourth-order valence-electron chi connectivity index (χ4n) is 5.45. The monoisotopic (exact) mass is 430 g/mol. The lowest BCUT2D eigenvalue weighted by Crippen LogP contribution is -2.37. The van der Waals surface area contributed by atoms with Crippen molar-refractivity contribution in [1.29, 1.82) is 0 Å². The molecule has 3 heterocycles. The largest absolute Gasteiger partial charge is 0.352 e. The van der Waals surface area contributed by atoms with Gasteiger partial charge < -0.3 is 14.8 Å². The smallest absolute Gasteiger partial charge is 0.170 e. The molecule has 0 spiro atoms. The molecule has 1 N–H and O–H groups in total. The van der Waals surface area contributed by atoms with Crippen LogP contribution in [-0.2, 0) is 0 Å². The summed E-state index contributed by atoms with van der Waals surface area (Å²) >= 11 is 5.90. The van der Waals surface area contributed by atoms with Gasteiger partial charge in [0.25, 0.3) is 0 Å². The molecule has 3 aromatic rings. The molecule has 1 aliphatic heterocycles. The van der Waals surface area contributed by atoms with E-state index in [0.29, 0.717) is 6.04 Å². The maximum atomic E-state index is 5.90. The molecular weight excluding hydrogens is 400 g/mol. The minimum Gasteiger partial charge on any atom is -0.352 e. The number of aromatic nitrogens is 2. The van der Waals surface area contributed by atoms with E-state index >= 15 is 0 Å². The molecule has 5 rings (SSSR count).